The van der Waals surface area contributed by atoms with E-state index in [1.54, 1.807) is 33.2 Å². The summed E-state index contributed by atoms with van der Waals surface area (Å²) >= 11 is 0. The van der Waals surface area contributed by atoms with Crippen molar-refractivity contribution in [3.8, 4) is 0 Å². The molecule has 0 aromatic carbocycles. The molecule has 0 bridgehead atoms. The molecule has 0 radical (unpaired) electrons. The van der Waals surface area contributed by atoms with Crippen LogP contribution in [0.3, 0.4) is 0 Å². The molecule has 2 aromatic heterocycles. The first-order valence-corrected chi connectivity index (χ1v) is 7.43. The lowest BCUT2D eigenvalue weighted by atomic mass is 10.2. The highest BCUT2D eigenvalue weighted by Gasteiger charge is 2.16. The zero-order valence-electron chi connectivity index (χ0n) is 13.7. The monoisotopic (exact) mass is 316 g/mol. The number of rotatable bonds is 5. The van der Waals surface area contributed by atoms with Gasteiger partial charge in [0.25, 0.3) is 5.56 Å². The number of aromatic nitrogens is 3. The number of hydrogen-bond donors (Lipinski definition) is 1. The molecular weight excluding hydrogens is 296 g/mol. The van der Waals surface area contributed by atoms with Gasteiger partial charge in [-0.2, -0.15) is 5.10 Å². The summed E-state index contributed by atoms with van der Waals surface area (Å²) in [4.78, 5) is 28.5. The number of nitrogens with zero attached hydrogens (tertiary/aromatic N) is 3. The van der Waals surface area contributed by atoms with Crippen molar-refractivity contribution in [2.75, 3.05) is 5.32 Å². The predicted octanol–water partition coefficient (Wildman–Crippen LogP) is 2.28. The normalized spacial score (nSPS) is 10.7. The first-order valence-electron chi connectivity index (χ1n) is 7.43. The van der Waals surface area contributed by atoms with E-state index in [0.717, 1.165) is 5.56 Å². The van der Waals surface area contributed by atoms with E-state index in [9.17, 15) is 9.59 Å². The molecule has 0 fully saturated rings. The van der Waals surface area contributed by atoms with E-state index in [1.807, 2.05) is 13.0 Å². The SMILES string of the molecule is CCn1nc(C(=O)OC(C)C)cc(Nc2cnccc2C)c1=O. The summed E-state index contributed by atoms with van der Waals surface area (Å²) in [5, 5.41) is 7.06. The minimum absolute atomic E-state index is 0.0872. The molecule has 0 aliphatic rings. The van der Waals surface area contributed by atoms with Crippen molar-refractivity contribution in [1.82, 2.24) is 14.8 Å². The molecule has 0 amide bonds. The maximum absolute atomic E-state index is 12.4. The lowest BCUT2D eigenvalue weighted by molar-refractivity contribution is 0.0368. The summed E-state index contributed by atoms with van der Waals surface area (Å²) in [5.41, 5.74) is 1.67. The van der Waals surface area contributed by atoms with Crippen LogP contribution < -0.4 is 10.9 Å². The second-order valence-electron chi connectivity index (χ2n) is 5.33. The number of hydrogen-bond acceptors (Lipinski definition) is 6. The van der Waals surface area contributed by atoms with Gasteiger partial charge in [-0.1, -0.05) is 0 Å². The molecule has 0 saturated heterocycles. The van der Waals surface area contributed by atoms with Crippen molar-refractivity contribution in [3.63, 3.8) is 0 Å². The standard InChI is InChI=1S/C16H20N4O3/c1-5-20-15(21)12(18-14-9-17-7-6-11(14)4)8-13(19-20)16(22)23-10(2)3/h6-10,18H,5H2,1-4H3. The van der Waals surface area contributed by atoms with Crippen molar-refractivity contribution >= 4 is 17.3 Å². The van der Waals surface area contributed by atoms with Gasteiger partial charge in [0.15, 0.2) is 5.69 Å². The van der Waals surface area contributed by atoms with Crippen LogP contribution in [-0.4, -0.2) is 26.8 Å². The molecule has 0 atom stereocenters. The van der Waals surface area contributed by atoms with Crippen LogP contribution in [0.25, 0.3) is 0 Å². The Kier molecular flexibility index (Phi) is 5.10. The first-order chi connectivity index (χ1) is 10.9. The predicted molar refractivity (Wildman–Crippen MR) is 87.0 cm³/mol. The highest BCUT2D eigenvalue weighted by molar-refractivity contribution is 5.88. The largest absolute Gasteiger partial charge is 0.458 e. The smallest absolute Gasteiger partial charge is 0.359 e. The molecule has 0 spiro atoms. The fraction of sp³-hybridized carbons (Fsp3) is 0.375. The summed E-state index contributed by atoms with van der Waals surface area (Å²) in [6.45, 7) is 7.54. The van der Waals surface area contributed by atoms with Crippen molar-refractivity contribution in [3.05, 3.63) is 46.1 Å². The van der Waals surface area contributed by atoms with Crippen LogP contribution in [0, 0.1) is 6.92 Å². The molecule has 1 N–H and O–H groups in total. The Bertz CT molecular complexity index is 768. The third kappa shape index (κ3) is 3.94. The van der Waals surface area contributed by atoms with Crippen LogP contribution in [0.15, 0.2) is 29.3 Å². The van der Waals surface area contributed by atoms with E-state index >= 15 is 0 Å². The second-order valence-corrected chi connectivity index (χ2v) is 5.33. The molecule has 7 heteroatoms. The summed E-state index contributed by atoms with van der Waals surface area (Å²) < 4.78 is 6.37. The van der Waals surface area contributed by atoms with Gasteiger partial charge >= 0.3 is 5.97 Å². The third-order valence-electron chi connectivity index (χ3n) is 3.13. The number of carbonyl (C=O) groups is 1. The van der Waals surface area contributed by atoms with Gasteiger partial charge in [0, 0.05) is 18.8 Å². The Morgan fingerprint density at radius 1 is 1.39 bits per heavy atom. The molecule has 2 heterocycles. The number of ether oxygens (including phenoxy) is 1. The van der Waals surface area contributed by atoms with E-state index in [0.29, 0.717) is 12.2 Å². The topological polar surface area (TPSA) is 86.1 Å². The van der Waals surface area contributed by atoms with E-state index < -0.39 is 5.97 Å². The lowest BCUT2D eigenvalue weighted by Crippen LogP contribution is -2.27. The second kappa shape index (κ2) is 7.04. The van der Waals surface area contributed by atoms with Crippen LogP contribution in [0.5, 0.6) is 0 Å². The van der Waals surface area contributed by atoms with Crippen molar-refractivity contribution in [2.24, 2.45) is 0 Å². The van der Waals surface area contributed by atoms with Gasteiger partial charge < -0.3 is 10.1 Å². The van der Waals surface area contributed by atoms with Crippen molar-refractivity contribution < 1.29 is 9.53 Å². The average molecular weight is 316 g/mol. The molecule has 7 nitrogen and oxygen atoms in total. The number of carbonyl (C=O) groups excluding carboxylic acids is 1. The van der Waals surface area contributed by atoms with E-state index in [4.69, 9.17) is 4.74 Å². The Labute approximate surface area is 134 Å². The quantitative estimate of drug-likeness (QED) is 0.852. The van der Waals surface area contributed by atoms with E-state index in [-0.39, 0.29) is 23.0 Å². The van der Waals surface area contributed by atoms with Crippen LogP contribution >= 0.6 is 0 Å². The maximum atomic E-state index is 12.4. The van der Waals surface area contributed by atoms with Gasteiger partial charge in [-0.15, -0.1) is 0 Å². The molecule has 0 unspecified atom stereocenters. The highest BCUT2D eigenvalue weighted by Crippen LogP contribution is 2.17. The van der Waals surface area contributed by atoms with E-state index in [1.165, 1.54) is 10.7 Å². The van der Waals surface area contributed by atoms with Gasteiger partial charge in [0.05, 0.1) is 18.0 Å². The molecule has 0 aliphatic heterocycles. The Balaban J connectivity index is 2.44. The number of pyridine rings is 1. The van der Waals surface area contributed by atoms with Crippen LogP contribution in [0.2, 0.25) is 0 Å². The fourth-order valence-electron chi connectivity index (χ4n) is 1.96. The molecule has 122 valence electrons. The summed E-state index contributed by atoms with van der Waals surface area (Å²) in [7, 11) is 0. The van der Waals surface area contributed by atoms with Crippen LogP contribution in [0.1, 0.15) is 36.8 Å². The van der Waals surface area contributed by atoms with Crippen LogP contribution in [0.4, 0.5) is 11.4 Å². The number of nitrogens with one attached hydrogen (secondary N) is 1. The maximum Gasteiger partial charge on any atom is 0.359 e. The minimum atomic E-state index is -0.562. The number of esters is 1. The van der Waals surface area contributed by atoms with Gasteiger partial charge in [0.1, 0.15) is 5.69 Å². The molecule has 0 aliphatic carbocycles. The summed E-state index contributed by atoms with van der Waals surface area (Å²) in [6, 6.07) is 3.24. The summed E-state index contributed by atoms with van der Waals surface area (Å²) in [5.74, 6) is -0.562. The zero-order chi connectivity index (χ0) is 17.0. The molecule has 2 aromatic rings. The molecular formula is C16H20N4O3. The number of aryl methyl sites for hydroxylation is 2. The van der Waals surface area contributed by atoms with Gasteiger partial charge in [-0.3, -0.25) is 9.78 Å². The molecule has 2 rings (SSSR count). The zero-order valence-corrected chi connectivity index (χ0v) is 13.7. The molecule has 0 saturated carbocycles. The van der Waals surface area contributed by atoms with Crippen molar-refractivity contribution in [1.29, 1.82) is 0 Å². The number of anilines is 2. The summed E-state index contributed by atoms with van der Waals surface area (Å²) in [6.07, 6.45) is 3.03. The average Bonchev–Trinajstić information content (AvgIpc) is 2.50. The van der Waals surface area contributed by atoms with Gasteiger partial charge in [-0.05, 0) is 39.3 Å². The van der Waals surface area contributed by atoms with Crippen molar-refractivity contribution in [2.45, 2.75) is 40.3 Å². The Morgan fingerprint density at radius 3 is 2.74 bits per heavy atom. The highest BCUT2D eigenvalue weighted by atomic mass is 16.5. The first kappa shape index (κ1) is 16.7. The minimum Gasteiger partial charge on any atom is -0.458 e. The fourth-order valence-corrected chi connectivity index (χ4v) is 1.96. The van der Waals surface area contributed by atoms with E-state index in [2.05, 4.69) is 15.4 Å². The Morgan fingerprint density at radius 2 is 2.13 bits per heavy atom. The third-order valence-corrected chi connectivity index (χ3v) is 3.13. The van der Waals surface area contributed by atoms with Gasteiger partial charge in [0.2, 0.25) is 0 Å². The van der Waals surface area contributed by atoms with Gasteiger partial charge in [-0.25, -0.2) is 9.48 Å². The Hall–Kier alpha value is -2.70. The molecule has 23 heavy (non-hydrogen) atoms. The lowest BCUT2D eigenvalue weighted by Gasteiger charge is -2.12. The van der Waals surface area contributed by atoms with Crippen LogP contribution in [-0.2, 0) is 11.3 Å².